The predicted molar refractivity (Wildman–Crippen MR) is 59.9 cm³/mol. The number of hydrogen-bond donors (Lipinski definition) is 1. The fourth-order valence-electron chi connectivity index (χ4n) is 0.812. The van der Waals surface area contributed by atoms with Crippen molar-refractivity contribution >= 4 is 24.4 Å². The summed E-state index contributed by atoms with van der Waals surface area (Å²) in [5.74, 6) is 4.56. The van der Waals surface area contributed by atoms with Crippen molar-refractivity contribution in [3.63, 3.8) is 0 Å². The van der Waals surface area contributed by atoms with Crippen LogP contribution in [0.15, 0.2) is 0 Å². The average molecular weight is 192 g/mol. The fourth-order valence-corrected chi connectivity index (χ4v) is 2.08. The Bertz CT molecular complexity index is 72.0. The zero-order chi connectivity index (χ0) is 8.53. The van der Waals surface area contributed by atoms with Crippen LogP contribution in [0.25, 0.3) is 0 Å². The molecule has 0 amide bonds. The molecule has 0 saturated heterocycles. The molecule has 0 rings (SSSR count). The SMILES string of the molecule is CC(C)CSCCCCCS. The molecule has 0 unspecified atom stereocenters. The van der Waals surface area contributed by atoms with Gasteiger partial charge in [0.15, 0.2) is 0 Å². The summed E-state index contributed by atoms with van der Waals surface area (Å²) < 4.78 is 0. The van der Waals surface area contributed by atoms with Crippen molar-refractivity contribution in [2.75, 3.05) is 17.3 Å². The molecule has 0 bridgehead atoms. The maximum absolute atomic E-state index is 4.17. The van der Waals surface area contributed by atoms with Gasteiger partial charge < -0.3 is 0 Å². The largest absolute Gasteiger partial charge is 0.179 e. The van der Waals surface area contributed by atoms with Gasteiger partial charge in [-0.1, -0.05) is 20.3 Å². The molecule has 0 spiro atoms. The van der Waals surface area contributed by atoms with Crippen LogP contribution in [-0.2, 0) is 0 Å². The molecule has 0 aromatic carbocycles. The Labute approximate surface area is 80.9 Å². The molecule has 11 heavy (non-hydrogen) atoms. The zero-order valence-corrected chi connectivity index (χ0v) is 9.39. The van der Waals surface area contributed by atoms with Gasteiger partial charge in [0.2, 0.25) is 0 Å². The highest BCUT2D eigenvalue weighted by molar-refractivity contribution is 7.99. The van der Waals surface area contributed by atoms with Crippen molar-refractivity contribution in [1.82, 2.24) is 0 Å². The normalized spacial score (nSPS) is 10.9. The lowest BCUT2D eigenvalue weighted by molar-refractivity contribution is 0.745. The van der Waals surface area contributed by atoms with Crippen LogP contribution < -0.4 is 0 Å². The first kappa shape index (κ1) is 11.7. The fraction of sp³-hybridized carbons (Fsp3) is 1.00. The lowest BCUT2D eigenvalue weighted by atomic mass is 10.3. The van der Waals surface area contributed by atoms with Crippen LogP contribution in [-0.4, -0.2) is 17.3 Å². The molecule has 0 radical (unpaired) electrons. The third-order valence-corrected chi connectivity index (χ3v) is 3.19. The van der Waals surface area contributed by atoms with E-state index >= 15 is 0 Å². The third-order valence-electron chi connectivity index (χ3n) is 1.40. The summed E-state index contributed by atoms with van der Waals surface area (Å²) in [6, 6.07) is 0. The molecule has 0 aromatic rings. The standard InChI is InChI=1S/C9H20S2/c1-9(2)8-11-7-5-3-4-6-10/h9-10H,3-8H2,1-2H3. The van der Waals surface area contributed by atoms with Crippen LogP contribution in [0.5, 0.6) is 0 Å². The van der Waals surface area contributed by atoms with Gasteiger partial charge in [-0.15, -0.1) is 0 Å². The van der Waals surface area contributed by atoms with Gasteiger partial charge in [-0.05, 0) is 36.0 Å². The minimum atomic E-state index is 0.852. The van der Waals surface area contributed by atoms with Crippen molar-refractivity contribution in [3.05, 3.63) is 0 Å². The van der Waals surface area contributed by atoms with Gasteiger partial charge in [-0.25, -0.2) is 0 Å². The molecule has 0 heterocycles. The van der Waals surface area contributed by atoms with Gasteiger partial charge in [-0.2, -0.15) is 24.4 Å². The smallest absolute Gasteiger partial charge is 0.00444 e. The van der Waals surface area contributed by atoms with E-state index in [2.05, 4.69) is 38.2 Å². The summed E-state index contributed by atoms with van der Waals surface area (Å²) in [5.41, 5.74) is 0. The van der Waals surface area contributed by atoms with Crippen LogP contribution in [0.2, 0.25) is 0 Å². The second-order valence-electron chi connectivity index (χ2n) is 3.25. The molecule has 0 fully saturated rings. The predicted octanol–water partition coefficient (Wildman–Crippen LogP) is 3.48. The summed E-state index contributed by atoms with van der Waals surface area (Å²) in [4.78, 5) is 0. The number of unbranched alkanes of at least 4 members (excludes halogenated alkanes) is 2. The number of thiol groups is 1. The van der Waals surface area contributed by atoms with Gasteiger partial charge in [0.25, 0.3) is 0 Å². The van der Waals surface area contributed by atoms with Crippen molar-refractivity contribution in [1.29, 1.82) is 0 Å². The molecule has 0 atom stereocenters. The van der Waals surface area contributed by atoms with Crippen LogP contribution in [0.4, 0.5) is 0 Å². The zero-order valence-electron chi connectivity index (χ0n) is 7.68. The molecule has 0 aliphatic heterocycles. The molecular weight excluding hydrogens is 172 g/mol. The Morgan fingerprint density at radius 1 is 1.18 bits per heavy atom. The van der Waals surface area contributed by atoms with Gasteiger partial charge in [0.1, 0.15) is 0 Å². The van der Waals surface area contributed by atoms with Gasteiger partial charge in [0.05, 0.1) is 0 Å². The topological polar surface area (TPSA) is 0 Å². The molecule has 0 N–H and O–H groups in total. The van der Waals surface area contributed by atoms with Crippen LogP contribution in [0.3, 0.4) is 0 Å². The van der Waals surface area contributed by atoms with E-state index in [4.69, 9.17) is 0 Å². The second kappa shape index (κ2) is 8.79. The maximum atomic E-state index is 4.17. The van der Waals surface area contributed by atoms with Crippen LogP contribution in [0.1, 0.15) is 33.1 Å². The number of thioether (sulfide) groups is 1. The Hall–Kier alpha value is 0.700. The van der Waals surface area contributed by atoms with E-state index in [1.54, 1.807) is 0 Å². The highest BCUT2D eigenvalue weighted by Crippen LogP contribution is 2.10. The Morgan fingerprint density at radius 2 is 1.91 bits per heavy atom. The molecule has 2 heteroatoms. The second-order valence-corrected chi connectivity index (χ2v) is 4.85. The summed E-state index contributed by atoms with van der Waals surface area (Å²) >= 11 is 6.26. The van der Waals surface area contributed by atoms with Gasteiger partial charge in [0, 0.05) is 0 Å². The van der Waals surface area contributed by atoms with E-state index in [1.165, 1.54) is 30.8 Å². The summed E-state index contributed by atoms with van der Waals surface area (Å²) in [5, 5.41) is 0. The Morgan fingerprint density at radius 3 is 2.45 bits per heavy atom. The molecule has 68 valence electrons. The summed E-state index contributed by atoms with van der Waals surface area (Å²) in [7, 11) is 0. The van der Waals surface area contributed by atoms with Crippen LogP contribution in [0, 0.1) is 5.92 Å². The van der Waals surface area contributed by atoms with E-state index in [-0.39, 0.29) is 0 Å². The van der Waals surface area contributed by atoms with Gasteiger partial charge in [-0.3, -0.25) is 0 Å². The highest BCUT2D eigenvalue weighted by Gasteiger charge is 1.93. The quantitative estimate of drug-likeness (QED) is 0.476. The first-order valence-corrected chi connectivity index (χ1v) is 6.24. The number of rotatable bonds is 7. The number of hydrogen-bond acceptors (Lipinski definition) is 2. The first-order chi connectivity index (χ1) is 5.27. The maximum Gasteiger partial charge on any atom is -0.00444 e. The molecular formula is C9H20S2. The van der Waals surface area contributed by atoms with Crippen molar-refractivity contribution in [3.8, 4) is 0 Å². The van der Waals surface area contributed by atoms with E-state index in [9.17, 15) is 0 Å². The minimum Gasteiger partial charge on any atom is -0.179 e. The van der Waals surface area contributed by atoms with Crippen LogP contribution >= 0.6 is 24.4 Å². The lowest BCUT2D eigenvalue weighted by Crippen LogP contribution is -1.92. The molecule has 0 aliphatic rings. The first-order valence-electron chi connectivity index (χ1n) is 4.46. The van der Waals surface area contributed by atoms with E-state index in [1.807, 2.05) is 0 Å². The van der Waals surface area contributed by atoms with Gasteiger partial charge >= 0.3 is 0 Å². The molecule has 0 nitrogen and oxygen atoms in total. The molecule has 0 saturated carbocycles. The lowest BCUT2D eigenvalue weighted by Gasteiger charge is -2.03. The molecule has 0 aromatic heterocycles. The Kier molecular flexibility index (Phi) is 9.35. The van der Waals surface area contributed by atoms with E-state index < -0.39 is 0 Å². The van der Waals surface area contributed by atoms with Crippen molar-refractivity contribution in [2.45, 2.75) is 33.1 Å². The summed E-state index contributed by atoms with van der Waals surface area (Å²) in [6.07, 6.45) is 4.01. The minimum absolute atomic E-state index is 0.852. The van der Waals surface area contributed by atoms with Crippen molar-refractivity contribution < 1.29 is 0 Å². The monoisotopic (exact) mass is 192 g/mol. The van der Waals surface area contributed by atoms with E-state index in [0.29, 0.717) is 0 Å². The van der Waals surface area contributed by atoms with E-state index in [0.717, 1.165) is 11.7 Å². The Balaban J connectivity index is 2.80. The third kappa shape index (κ3) is 10.7. The average Bonchev–Trinajstić information content (AvgIpc) is 1.96. The van der Waals surface area contributed by atoms with Crippen molar-refractivity contribution in [2.24, 2.45) is 5.92 Å². The highest BCUT2D eigenvalue weighted by atomic mass is 32.2. The molecule has 0 aliphatic carbocycles. The summed E-state index contributed by atoms with van der Waals surface area (Å²) in [6.45, 7) is 4.56.